The summed E-state index contributed by atoms with van der Waals surface area (Å²) in [4.78, 5) is 19.1. The zero-order valence-corrected chi connectivity index (χ0v) is 22.4. The highest BCUT2D eigenvalue weighted by molar-refractivity contribution is 7.80. The van der Waals surface area contributed by atoms with Gasteiger partial charge in [-0.05, 0) is 102 Å². The SMILES string of the molecule is CCN(C)CCCN(CCCN(C)C)C(=O)Oc1ccc(C(O)CCCCCCS)cc1C. The first kappa shape index (κ1) is 29.8. The standard InChI is InChI=1S/C26H47N3O3S/c1-6-28(5)17-12-19-29(18-11-16-27(3)4)26(31)32-25-15-14-23(21-22(25)2)24(30)13-9-7-8-10-20-33/h14-15,21,24,30,33H,6-13,16-20H2,1-5H3. The van der Waals surface area contributed by atoms with Crippen molar-refractivity contribution >= 4 is 18.7 Å². The van der Waals surface area contributed by atoms with Crippen molar-refractivity contribution in [2.75, 3.05) is 59.6 Å². The number of carbonyl (C=O) groups is 1. The average molecular weight is 482 g/mol. The number of hydrogen-bond donors (Lipinski definition) is 2. The predicted molar refractivity (Wildman–Crippen MR) is 142 cm³/mol. The second kappa shape index (κ2) is 17.2. The molecule has 33 heavy (non-hydrogen) atoms. The van der Waals surface area contributed by atoms with Crippen molar-refractivity contribution in [1.82, 2.24) is 14.7 Å². The number of aliphatic hydroxyl groups is 1. The summed E-state index contributed by atoms with van der Waals surface area (Å²) in [6, 6.07) is 5.63. The first-order chi connectivity index (χ1) is 15.8. The molecule has 0 fully saturated rings. The Hall–Kier alpha value is -1.28. The van der Waals surface area contributed by atoms with Crippen LogP contribution >= 0.6 is 12.6 Å². The minimum Gasteiger partial charge on any atom is -0.410 e. The Morgan fingerprint density at radius 3 is 2.27 bits per heavy atom. The van der Waals surface area contributed by atoms with Crippen molar-refractivity contribution in [3.05, 3.63) is 29.3 Å². The maximum absolute atomic E-state index is 13.0. The molecule has 1 aromatic rings. The molecule has 1 unspecified atom stereocenters. The van der Waals surface area contributed by atoms with Crippen LogP contribution in [0.4, 0.5) is 4.79 Å². The molecule has 7 heteroatoms. The van der Waals surface area contributed by atoms with E-state index >= 15 is 0 Å². The number of amides is 1. The Bertz CT molecular complexity index is 672. The van der Waals surface area contributed by atoms with Crippen LogP contribution in [0, 0.1) is 6.92 Å². The van der Waals surface area contributed by atoms with Gasteiger partial charge in [-0.3, -0.25) is 0 Å². The summed E-state index contributed by atoms with van der Waals surface area (Å²) in [5, 5.41) is 10.5. The summed E-state index contributed by atoms with van der Waals surface area (Å²) < 4.78 is 5.78. The molecule has 0 saturated carbocycles. The predicted octanol–water partition coefficient (Wildman–Crippen LogP) is 5.00. The van der Waals surface area contributed by atoms with Gasteiger partial charge in [0.15, 0.2) is 0 Å². The number of thiol groups is 1. The molecular formula is C26H47N3O3S. The lowest BCUT2D eigenvalue weighted by Gasteiger charge is -2.24. The van der Waals surface area contributed by atoms with Crippen LogP contribution in [0.2, 0.25) is 0 Å². The lowest BCUT2D eigenvalue weighted by Crippen LogP contribution is -2.37. The fourth-order valence-electron chi connectivity index (χ4n) is 3.68. The molecule has 0 aliphatic rings. The summed E-state index contributed by atoms with van der Waals surface area (Å²) in [5.41, 5.74) is 1.75. The fraction of sp³-hybridized carbons (Fsp3) is 0.731. The highest BCUT2D eigenvalue weighted by Crippen LogP contribution is 2.26. The first-order valence-corrected chi connectivity index (χ1v) is 13.1. The van der Waals surface area contributed by atoms with E-state index in [1.54, 1.807) is 0 Å². The van der Waals surface area contributed by atoms with E-state index < -0.39 is 6.10 Å². The van der Waals surface area contributed by atoms with Crippen LogP contribution in [0.3, 0.4) is 0 Å². The Labute approximate surface area is 207 Å². The highest BCUT2D eigenvalue weighted by Gasteiger charge is 2.18. The van der Waals surface area contributed by atoms with E-state index in [0.717, 1.165) is 81.5 Å². The van der Waals surface area contributed by atoms with E-state index in [1.807, 2.05) is 44.1 Å². The zero-order chi connectivity index (χ0) is 24.6. The summed E-state index contributed by atoms with van der Waals surface area (Å²) in [6.07, 6.45) is 6.18. The molecule has 0 aliphatic carbocycles. The Morgan fingerprint density at radius 1 is 1.00 bits per heavy atom. The molecular weight excluding hydrogens is 434 g/mol. The lowest BCUT2D eigenvalue weighted by molar-refractivity contribution is 0.147. The van der Waals surface area contributed by atoms with Crippen molar-refractivity contribution in [2.45, 2.75) is 64.9 Å². The van der Waals surface area contributed by atoms with Gasteiger partial charge in [-0.25, -0.2) is 4.79 Å². The molecule has 0 radical (unpaired) electrons. The molecule has 1 rings (SSSR count). The number of aryl methyl sites for hydroxylation is 1. The fourth-order valence-corrected chi connectivity index (χ4v) is 3.91. The number of benzene rings is 1. The third kappa shape index (κ3) is 12.7. The van der Waals surface area contributed by atoms with Gasteiger partial charge in [0.25, 0.3) is 0 Å². The van der Waals surface area contributed by atoms with E-state index in [1.165, 1.54) is 0 Å². The Balaban J connectivity index is 2.68. The number of ether oxygens (including phenoxy) is 1. The van der Waals surface area contributed by atoms with E-state index in [0.29, 0.717) is 18.8 Å². The van der Waals surface area contributed by atoms with Gasteiger partial charge in [-0.2, -0.15) is 12.6 Å². The first-order valence-electron chi connectivity index (χ1n) is 12.5. The smallest absolute Gasteiger partial charge is 0.410 e. The van der Waals surface area contributed by atoms with Gasteiger partial charge in [0.1, 0.15) is 5.75 Å². The molecule has 1 N–H and O–H groups in total. The largest absolute Gasteiger partial charge is 0.415 e. The number of rotatable bonds is 17. The van der Waals surface area contributed by atoms with Crippen LogP contribution < -0.4 is 4.74 Å². The Kier molecular flexibility index (Phi) is 15.5. The average Bonchev–Trinajstić information content (AvgIpc) is 2.78. The van der Waals surface area contributed by atoms with Crippen molar-refractivity contribution < 1.29 is 14.6 Å². The van der Waals surface area contributed by atoms with Gasteiger partial charge < -0.3 is 24.5 Å². The number of carbonyl (C=O) groups excluding carboxylic acids is 1. The summed E-state index contributed by atoms with van der Waals surface area (Å²) >= 11 is 4.24. The molecule has 190 valence electrons. The van der Waals surface area contributed by atoms with E-state index in [9.17, 15) is 9.90 Å². The number of nitrogens with zero attached hydrogens (tertiary/aromatic N) is 3. The van der Waals surface area contributed by atoms with Gasteiger partial charge in [-0.1, -0.05) is 32.3 Å². The van der Waals surface area contributed by atoms with Crippen molar-refractivity contribution in [2.24, 2.45) is 0 Å². The normalized spacial score (nSPS) is 12.4. The van der Waals surface area contributed by atoms with Gasteiger partial charge in [0, 0.05) is 13.1 Å². The second-order valence-electron chi connectivity index (χ2n) is 9.23. The number of unbranched alkanes of at least 4 members (excludes halogenated alkanes) is 3. The van der Waals surface area contributed by atoms with E-state index in [2.05, 4.69) is 36.4 Å². The molecule has 6 nitrogen and oxygen atoms in total. The van der Waals surface area contributed by atoms with Crippen molar-refractivity contribution in [1.29, 1.82) is 0 Å². The van der Waals surface area contributed by atoms with Crippen LogP contribution in [-0.2, 0) is 0 Å². The van der Waals surface area contributed by atoms with Crippen LogP contribution in [0.15, 0.2) is 18.2 Å². The zero-order valence-electron chi connectivity index (χ0n) is 21.6. The van der Waals surface area contributed by atoms with Crippen LogP contribution in [0.25, 0.3) is 0 Å². The Morgan fingerprint density at radius 2 is 1.67 bits per heavy atom. The molecule has 1 amide bonds. The third-order valence-corrected chi connectivity index (χ3v) is 6.28. The number of aliphatic hydroxyl groups excluding tert-OH is 1. The molecule has 0 bridgehead atoms. The van der Waals surface area contributed by atoms with Crippen LogP contribution in [-0.4, -0.2) is 85.5 Å². The van der Waals surface area contributed by atoms with E-state index in [4.69, 9.17) is 4.74 Å². The molecule has 0 spiro atoms. The minimum atomic E-state index is -0.484. The maximum Gasteiger partial charge on any atom is 0.415 e. The van der Waals surface area contributed by atoms with Gasteiger partial charge in [0.05, 0.1) is 6.10 Å². The third-order valence-electron chi connectivity index (χ3n) is 5.97. The topological polar surface area (TPSA) is 56.2 Å². The quantitative estimate of drug-likeness (QED) is 0.242. The summed E-state index contributed by atoms with van der Waals surface area (Å²) in [5.74, 6) is 1.48. The highest BCUT2D eigenvalue weighted by atomic mass is 32.1. The lowest BCUT2D eigenvalue weighted by atomic mass is 10.0. The monoisotopic (exact) mass is 481 g/mol. The second-order valence-corrected chi connectivity index (χ2v) is 9.68. The molecule has 0 aliphatic heterocycles. The van der Waals surface area contributed by atoms with Crippen LogP contribution in [0.5, 0.6) is 5.75 Å². The summed E-state index contributed by atoms with van der Waals surface area (Å²) in [7, 11) is 6.18. The van der Waals surface area contributed by atoms with Crippen molar-refractivity contribution in [3.8, 4) is 5.75 Å². The molecule has 1 atom stereocenters. The van der Waals surface area contributed by atoms with Gasteiger partial charge in [-0.15, -0.1) is 0 Å². The van der Waals surface area contributed by atoms with Gasteiger partial charge in [0.2, 0.25) is 0 Å². The molecule has 1 aromatic carbocycles. The molecule has 0 aromatic heterocycles. The molecule has 0 heterocycles. The van der Waals surface area contributed by atoms with E-state index in [-0.39, 0.29) is 6.09 Å². The minimum absolute atomic E-state index is 0.298. The van der Waals surface area contributed by atoms with Gasteiger partial charge >= 0.3 is 6.09 Å². The summed E-state index contributed by atoms with van der Waals surface area (Å²) in [6.45, 7) is 8.30. The van der Waals surface area contributed by atoms with Crippen LogP contribution in [0.1, 0.15) is 69.1 Å². The number of hydrogen-bond acceptors (Lipinski definition) is 6. The van der Waals surface area contributed by atoms with Crippen molar-refractivity contribution in [3.63, 3.8) is 0 Å². The molecule has 0 saturated heterocycles. The maximum atomic E-state index is 13.0.